The van der Waals surface area contributed by atoms with Crippen molar-refractivity contribution in [3.63, 3.8) is 0 Å². The monoisotopic (exact) mass is 399 g/mol. The Bertz CT molecular complexity index is 1070. The Morgan fingerprint density at radius 2 is 2.17 bits per heavy atom. The first kappa shape index (κ1) is 20.7. The van der Waals surface area contributed by atoms with E-state index in [1.165, 1.54) is 11.5 Å². The van der Waals surface area contributed by atoms with Crippen molar-refractivity contribution in [1.82, 2.24) is 9.72 Å². The van der Waals surface area contributed by atoms with Crippen LogP contribution in [0.2, 0.25) is 0 Å². The van der Waals surface area contributed by atoms with E-state index in [-0.39, 0.29) is 23.4 Å². The summed E-state index contributed by atoms with van der Waals surface area (Å²) < 4.78 is 11.8. The van der Waals surface area contributed by atoms with Crippen molar-refractivity contribution < 1.29 is 19.2 Å². The van der Waals surface area contributed by atoms with E-state index in [1.807, 2.05) is 6.92 Å². The highest BCUT2D eigenvalue weighted by atomic mass is 16.5. The molecule has 29 heavy (non-hydrogen) atoms. The minimum atomic E-state index is -1.56. The van der Waals surface area contributed by atoms with Crippen molar-refractivity contribution in [1.29, 1.82) is 0 Å². The summed E-state index contributed by atoms with van der Waals surface area (Å²) in [4.78, 5) is 25.3. The zero-order chi connectivity index (χ0) is 21.5. The van der Waals surface area contributed by atoms with Gasteiger partial charge >= 0.3 is 5.97 Å². The number of carbonyl (C=O) groups is 1. The van der Waals surface area contributed by atoms with Gasteiger partial charge in [0.1, 0.15) is 23.1 Å². The number of rotatable bonds is 3. The van der Waals surface area contributed by atoms with Gasteiger partial charge in [0.25, 0.3) is 5.56 Å². The summed E-state index contributed by atoms with van der Waals surface area (Å²) in [6.07, 6.45) is 1.28. The summed E-state index contributed by atoms with van der Waals surface area (Å²) in [5, 5.41) is 17.6. The number of fused-ring (bicyclic) bond motifs is 1. The van der Waals surface area contributed by atoms with E-state index in [1.54, 1.807) is 40.1 Å². The molecule has 0 saturated carbocycles. The number of hydrogen-bond donors (Lipinski definition) is 2. The molecule has 0 spiro atoms. The third-order valence-electron chi connectivity index (χ3n) is 4.77. The number of pyridine rings is 1. The van der Waals surface area contributed by atoms with Gasteiger partial charge in [0.2, 0.25) is 0 Å². The van der Waals surface area contributed by atoms with Gasteiger partial charge in [0.05, 0.1) is 6.10 Å². The first-order valence-corrected chi connectivity index (χ1v) is 9.41. The smallest absolute Gasteiger partial charge is 0.315 e. The van der Waals surface area contributed by atoms with Gasteiger partial charge in [-0.25, -0.2) is 0 Å². The van der Waals surface area contributed by atoms with E-state index in [0.717, 1.165) is 0 Å². The summed E-state index contributed by atoms with van der Waals surface area (Å²) in [5.74, 6) is 5.17. The lowest BCUT2D eigenvalue weighted by atomic mass is 9.92. The summed E-state index contributed by atoms with van der Waals surface area (Å²) >= 11 is 0. The zero-order valence-electron chi connectivity index (χ0n) is 17.4. The van der Waals surface area contributed by atoms with Crippen molar-refractivity contribution in [2.24, 2.45) is 7.05 Å². The molecule has 0 saturated heterocycles. The van der Waals surface area contributed by atoms with Crippen LogP contribution in [0.15, 0.2) is 21.6 Å². The van der Waals surface area contributed by atoms with Gasteiger partial charge in [-0.3, -0.25) is 9.59 Å². The molecule has 3 rings (SSSR count). The second kappa shape index (κ2) is 7.41. The fourth-order valence-corrected chi connectivity index (χ4v) is 3.35. The van der Waals surface area contributed by atoms with Crippen molar-refractivity contribution in [2.45, 2.75) is 58.3 Å². The first-order chi connectivity index (χ1) is 13.5. The van der Waals surface area contributed by atoms with Crippen molar-refractivity contribution in [3.05, 3.63) is 45.2 Å². The first-order valence-electron chi connectivity index (χ1n) is 9.41. The molecule has 0 radical (unpaired) electrons. The van der Waals surface area contributed by atoms with Gasteiger partial charge in [0.15, 0.2) is 5.60 Å². The summed E-state index contributed by atoms with van der Waals surface area (Å²) in [7, 11) is 1.61. The van der Waals surface area contributed by atoms with Crippen molar-refractivity contribution in [3.8, 4) is 11.8 Å². The minimum Gasteiger partial charge on any atom is -0.462 e. The molecule has 3 atom stereocenters. The standard InChI is InChI=1S/C21H25N3O5/c1-11(2)28-20(26)16-13(4)22-18-17(16)14(10-24(6)19(18)25)7-8-21(5,27)15-9-12(3)29-23-15/h9-11,13,16,22,27H,1-6H3/t13?,16?,21-/m1/s1. The fourth-order valence-electron chi connectivity index (χ4n) is 3.35. The van der Waals surface area contributed by atoms with Crippen LogP contribution >= 0.6 is 0 Å². The Kier molecular flexibility index (Phi) is 5.28. The number of aliphatic hydroxyl groups is 1. The highest BCUT2D eigenvalue weighted by Crippen LogP contribution is 2.37. The van der Waals surface area contributed by atoms with Gasteiger partial charge in [-0.05, 0) is 34.6 Å². The van der Waals surface area contributed by atoms with Crippen LogP contribution in [-0.2, 0) is 22.2 Å². The van der Waals surface area contributed by atoms with Crippen LogP contribution in [0.4, 0.5) is 5.69 Å². The Hall–Kier alpha value is -3.05. The zero-order valence-corrected chi connectivity index (χ0v) is 17.4. The van der Waals surface area contributed by atoms with Gasteiger partial charge in [-0.15, -0.1) is 0 Å². The highest BCUT2D eigenvalue weighted by molar-refractivity contribution is 5.86. The Morgan fingerprint density at radius 3 is 2.76 bits per heavy atom. The molecule has 8 heteroatoms. The van der Waals surface area contributed by atoms with E-state index in [0.29, 0.717) is 22.6 Å². The number of esters is 1. The van der Waals surface area contributed by atoms with E-state index >= 15 is 0 Å². The van der Waals surface area contributed by atoms with Crippen LogP contribution < -0.4 is 10.9 Å². The molecule has 3 heterocycles. The van der Waals surface area contributed by atoms with Crippen LogP contribution in [0.5, 0.6) is 0 Å². The largest absolute Gasteiger partial charge is 0.462 e. The predicted molar refractivity (Wildman–Crippen MR) is 106 cm³/mol. The molecule has 2 aromatic heterocycles. The molecule has 8 nitrogen and oxygen atoms in total. The second-order valence-corrected chi connectivity index (χ2v) is 7.79. The Morgan fingerprint density at radius 1 is 1.48 bits per heavy atom. The molecule has 0 bridgehead atoms. The average molecular weight is 399 g/mol. The van der Waals surface area contributed by atoms with E-state index in [4.69, 9.17) is 9.26 Å². The highest BCUT2D eigenvalue weighted by Gasteiger charge is 2.40. The molecule has 1 aliphatic rings. The third-order valence-corrected chi connectivity index (χ3v) is 4.77. The summed E-state index contributed by atoms with van der Waals surface area (Å²) in [5.41, 5.74) is -0.252. The lowest BCUT2D eigenvalue weighted by Gasteiger charge is -2.18. The molecule has 1 aliphatic heterocycles. The maximum Gasteiger partial charge on any atom is 0.315 e. The number of nitrogens with zero attached hydrogens (tertiary/aromatic N) is 2. The molecule has 0 aromatic carbocycles. The van der Waals surface area contributed by atoms with Crippen molar-refractivity contribution in [2.75, 3.05) is 5.32 Å². The number of hydrogen-bond acceptors (Lipinski definition) is 7. The van der Waals surface area contributed by atoms with Crippen LogP contribution in [-0.4, -0.2) is 32.9 Å². The second-order valence-electron chi connectivity index (χ2n) is 7.79. The number of aromatic nitrogens is 2. The molecular weight excluding hydrogens is 374 g/mol. The molecule has 2 unspecified atom stereocenters. The molecule has 154 valence electrons. The minimum absolute atomic E-state index is 0.254. The Balaban J connectivity index is 2.11. The molecule has 0 fully saturated rings. The van der Waals surface area contributed by atoms with E-state index < -0.39 is 17.5 Å². The maximum atomic E-state index is 12.7. The Labute approximate surface area is 168 Å². The number of ether oxygens (including phenoxy) is 1. The molecule has 0 amide bonds. The number of aryl methyl sites for hydroxylation is 2. The summed E-state index contributed by atoms with van der Waals surface area (Å²) in [6.45, 7) is 8.58. The molecule has 2 N–H and O–H groups in total. The number of anilines is 1. The topological polar surface area (TPSA) is 107 Å². The summed E-state index contributed by atoms with van der Waals surface area (Å²) in [6, 6.07) is 1.28. The van der Waals surface area contributed by atoms with Crippen LogP contribution in [0.25, 0.3) is 0 Å². The maximum absolute atomic E-state index is 12.7. The average Bonchev–Trinajstić information content (AvgIpc) is 3.20. The lowest BCUT2D eigenvalue weighted by molar-refractivity contribution is -0.149. The fraction of sp³-hybridized carbons (Fsp3) is 0.476. The van der Waals surface area contributed by atoms with Gasteiger partial charge in [0, 0.05) is 36.5 Å². The van der Waals surface area contributed by atoms with Gasteiger partial charge in [-0.1, -0.05) is 17.0 Å². The van der Waals surface area contributed by atoms with Crippen LogP contribution in [0, 0.1) is 18.8 Å². The molecule has 0 aliphatic carbocycles. The molecule has 2 aromatic rings. The SMILES string of the molecule is Cc1cc([C@](C)(O)C#Cc2cn(C)c(=O)c3c2C(C(=O)OC(C)C)C(C)N3)no1. The number of carbonyl (C=O) groups excluding carboxylic acids is 1. The van der Waals surface area contributed by atoms with Gasteiger partial charge < -0.3 is 24.3 Å². The van der Waals surface area contributed by atoms with E-state index in [9.17, 15) is 14.7 Å². The van der Waals surface area contributed by atoms with Crippen LogP contribution in [0.1, 0.15) is 56.2 Å². The molecular formula is C21H25N3O5. The predicted octanol–water partition coefficient (Wildman–Crippen LogP) is 1.79. The third kappa shape index (κ3) is 3.91. The quantitative estimate of drug-likeness (QED) is 0.599. The van der Waals surface area contributed by atoms with Crippen molar-refractivity contribution >= 4 is 11.7 Å². The lowest BCUT2D eigenvalue weighted by Crippen LogP contribution is -2.27. The van der Waals surface area contributed by atoms with Crippen LogP contribution in [0.3, 0.4) is 0 Å². The van der Waals surface area contributed by atoms with Gasteiger partial charge in [-0.2, -0.15) is 0 Å². The number of nitrogens with one attached hydrogen (secondary N) is 1. The normalized spacial score (nSPS) is 19.7. The van der Waals surface area contributed by atoms with E-state index in [2.05, 4.69) is 22.3 Å².